The molecule has 0 saturated heterocycles. The zero-order valence-electron chi connectivity index (χ0n) is 10.7. The van der Waals surface area contributed by atoms with Gasteiger partial charge < -0.3 is 15.7 Å². The van der Waals surface area contributed by atoms with E-state index >= 15 is 0 Å². The second-order valence-corrected chi connectivity index (χ2v) is 4.22. The van der Waals surface area contributed by atoms with Gasteiger partial charge in [-0.15, -0.1) is 0 Å². The molecule has 0 amide bonds. The van der Waals surface area contributed by atoms with Gasteiger partial charge in [0.25, 0.3) is 0 Å². The van der Waals surface area contributed by atoms with Crippen LogP contribution in [-0.4, -0.2) is 24.1 Å². The summed E-state index contributed by atoms with van der Waals surface area (Å²) in [6.45, 7) is 1.97. The van der Waals surface area contributed by atoms with E-state index in [-0.39, 0.29) is 5.96 Å². The Labute approximate surface area is 107 Å². The largest absolute Gasteiger partial charge is 0.481 e. The minimum Gasteiger partial charge on any atom is -0.481 e. The average molecular weight is 249 g/mol. The summed E-state index contributed by atoms with van der Waals surface area (Å²) < 4.78 is 0. The van der Waals surface area contributed by atoms with Crippen LogP contribution in [0.25, 0.3) is 0 Å². The third-order valence-electron chi connectivity index (χ3n) is 2.92. The van der Waals surface area contributed by atoms with Crippen molar-refractivity contribution in [1.29, 1.82) is 5.41 Å². The lowest BCUT2D eigenvalue weighted by atomic mass is 9.94. The van der Waals surface area contributed by atoms with Crippen LogP contribution >= 0.6 is 0 Å². The number of anilines is 1. The van der Waals surface area contributed by atoms with Gasteiger partial charge in [0.05, 0.1) is 5.92 Å². The van der Waals surface area contributed by atoms with E-state index in [1.54, 1.807) is 31.3 Å². The Balaban J connectivity index is 2.93. The third-order valence-corrected chi connectivity index (χ3v) is 2.92. The van der Waals surface area contributed by atoms with Crippen LogP contribution in [-0.2, 0) is 4.79 Å². The van der Waals surface area contributed by atoms with Crippen molar-refractivity contribution >= 4 is 17.6 Å². The minimum atomic E-state index is -0.801. The maximum absolute atomic E-state index is 11.2. The molecular formula is C13H19N3O2. The van der Waals surface area contributed by atoms with Crippen molar-refractivity contribution in [2.45, 2.75) is 25.7 Å². The fourth-order valence-corrected chi connectivity index (χ4v) is 1.79. The number of aliphatic carboxylic acids is 1. The standard InChI is InChI=1S/C13H19N3O2/c1-3-4-11(12(17)18)9-5-7-10(8-6-9)16(2)13(14)15/h5-8,11H,3-4H2,1-2H3,(H3,14,15)(H,17,18). The summed E-state index contributed by atoms with van der Waals surface area (Å²) in [6, 6.07) is 7.12. The Bertz CT molecular complexity index is 428. The summed E-state index contributed by atoms with van der Waals surface area (Å²) in [5, 5.41) is 16.5. The van der Waals surface area contributed by atoms with Gasteiger partial charge in [-0.3, -0.25) is 10.2 Å². The van der Waals surface area contributed by atoms with Crippen molar-refractivity contribution in [3.05, 3.63) is 29.8 Å². The predicted molar refractivity (Wildman–Crippen MR) is 72.0 cm³/mol. The fraction of sp³-hybridized carbons (Fsp3) is 0.385. The summed E-state index contributed by atoms with van der Waals surface area (Å²) in [4.78, 5) is 12.7. The molecule has 0 bridgehead atoms. The molecule has 5 heteroatoms. The maximum atomic E-state index is 11.2. The van der Waals surface area contributed by atoms with E-state index in [0.717, 1.165) is 17.7 Å². The van der Waals surface area contributed by atoms with Crippen molar-refractivity contribution in [3.8, 4) is 0 Å². The first kappa shape index (κ1) is 14.0. The Kier molecular flexibility index (Phi) is 4.71. The Morgan fingerprint density at radius 3 is 2.39 bits per heavy atom. The number of benzene rings is 1. The number of hydrogen-bond acceptors (Lipinski definition) is 2. The van der Waals surface area contributed by atoms with Crippen LogP contribution in [0.2, 0.25) is 0 Å². The van der Waals surface area contributed by atoms with Crippen LogP contribution in [0.4, 0.5) is 5.69 Å². The summed E-state index contributed by atoms with van der Waals surface area (Å²) in [6.07, 6.45) is 1.45. The highest BCUT2D eigenvalue weighted by molar-refractivity contribution is 5.91. The van der Waals surface area contributed by atoms with Crippen molar-refractivity contribution < 1.29 is 9.90 Å². The molecule has 1 rings (SSSR count). The molecule has 0 aliphatic heterocycles. The molecule has 98 valence electrons. The highest BCUT2D eigenvalue weighted by Gasteiger charge is 2.18. The summed E-state index contributed by atoms with van der Waals surface area (Å²) in [5.41, 5.74) is 6.93. The third kappa shape index (κ3) is 3.23. The van der Waals surface area contributed by atoms with Crippen molar-refractivity contribution in [1.82, 2.24) is 0 Å². The highest BCUT2D eigenvalue weighted by Crippen LogP contribution is 2.24. The maximum Gasteiger partial charge on any atom is 0.310 e. The van der Waals surface area contributed by atoms with Crippen LogP contribution < -0.4 is 10.6 Å². The number of carboxylic acid groups (broad SMARTS) is 1. The molecular weight excluding hydrogens is 230 g/mol. The van der Waals surface area contributed by atoms with Crippen LogP contribution in [0.1, 0.15) is 31.2 Å². The van der Waals surface area contributed by atoms with E-state index in [4.69, 9.17) is 16.2 Å². The molecule has 1 unspecified atom stereocenters. The second-order valence-electron chi connectivity index (χ2n) is 4.22. The van der Waals surface area contributed by atoms with Crippen LogP contribution in [0.3, 0.4) is 0 Å². The minimum absolute atomic E-state index is 0.0499. The van der Waals surface area contributed by atoms with E-state index in [1.165, 1.54) is 4.90 Å². The van der Waals surface area contributed by atoms with Crippen LogP contribution in [0.15, 0.2) is 24.3 Å². The van der Waals surface area contributed by atoms with Gasteiger partial charge in [-0.2, -0.15) is 0 Å². The molecule has 0 aromatic heterocycles. The first-order valence-electron chi connectivity index (χ1n) is 5.87. The lowest BCUT2D eigenvalue weighted by Gasteiger charge is -2.18. The molecule has 18 heavy (non-hydrogen) atoms. The molecule has 0 spiro atoms. The molecule has 0 aliphatic carbocycles. The molecule has 0 saturated carbocycles. The molecule has 0 heterocycles. The summed E-state index contributed by atoms with van der Waals surface area (Å²) >= 11 is 0. The first-order valence-corrected chi connectivity index (χ1v) is 5.87. The quantitative estimate of drug-likeness (QED) is 0.549. The molecule has 1 aromatic rings. The topological polar surface area (TPSA) is 90.4 Å². The molecule has 0 radical (unpaired) electrons. The molecule has 0 aliphatic rings. The van der Waals surface area contributed by atoms with Gasteiger partial charge in [0, 0.05) is 12.7 Å². The second kappa shape index (κ2) is 6.05. The van der Waals surface area contributed by atoms with Crippen LogP contribution in [0.5, 0.6) is 0 Å². The molecule has 1 atom stereocenters. The van der Waals surface area contributed by atoms with Crippen LogP contribution in [0, 0.1) is 5.41 Å². The highest BCUT2D eigenvalue weighted by atomic mass is 16.4. The number of guanidine groups is 1. The van der Waals surface area contributed by atoms with Crippen molar-refractivity contribution in [2.75, 3.05) is 11.9 Å². The van der Waals surface area contributed by atoms with Gasteiger partial charge in [-0.1, -0.05) is 25.5 Å². The Hall–Kier alpha value is -2.04. The number of nitrogens with two attached hydrogens (primary N) is 1. The molecule has 4 N–H and O–H groups in total. The lowest BCUT2D eigenvalue weighted by molar-refractivity contribution is -0.139. The molecule has 1 aromatic carbocycles. The summed E-state index contributed by atoms with van der Waals surface area (Å²) in [5.74, 6) is -1.32. The monoisotopic (exact) mass is 249 g/mol. The normalized spacial score (nSPS) is 11.9. The number of carbonyl (C=O) groups is 1. The number of rotatable bonds is 5. The van der Waals surface area contributed by atoms with Crippen molar-refractivity contribution in [3.63, 3.8) is 0 Å². The van der Waals surface area contributed by atoms with Gasteiger partial charge in [0.2, 0.25) is 0 Å². The lowest BCUT2D eigenvalue weighted by Crippen LogP contribution is -2.32. The van der Waals surface area contributed by atoms with Gasteiger partial charge in [-0.05, 0) is 24.1 Å². The van der Waals surface area contributed by atoms with E-state index in [2.05, 4.69) is 0 Å². The van der Waals surface area contributed by atoms with Crippen molar-refractivity contribution in [2.24, 2.45) is 5.73 Å². The van der Waals surface area contributed by atoms with E-state index < -0.39 is 11.9 Å². The zero-order chi connectivity index (χ0) is 13.7. The fourth-order valence-electron chi connectivity index (χ4n) is 1.79. The number of nitrogens with one attached hydrogen (secondary N) is 1. The number of hydrogen-bond donors (Lipinski definition) is 3. The number of carboxylic acids is 1. The smallest absolute Gasteiger partial charge is 0.310 e. The molecule has 0 fully saturated rings. The van der Waals surface area contributed by atoms with Gasteiger partial charge in [0.15, 0.2) is 5.96 Å². The number of nitrogens with zero attached hydrogens (tertiary/aromatic N) is 1. The van der Waals surface area contributed by atoms with E-state index in [1.807, 2.05) is 6.92 Å². The molecule has 5 nitrogen and oxygen atoms in total. The van der Waals surface area contributed by atoms with Gasteiger partial charge in [-0.25, -0.2) is 0 Å². The Morgan fingerprint density at radius 2 is 2.00 bits per heavy atom. The zero-order valence-corrected chi connectivity index (χ0v) is 10.7. The van der Waals surface area contributed by atoms with E-state index in [0.29, 0.717) is 6.42 Å². The first-order chi connectivity index (χ1) is 8.47. The predicted octanol–water partition coefficient (Wildman–Crippen LogP) is 1.98. The SMILES string of the molecule is CCCC(C(=O)O)c1ccc(N(C)C(=N)N)cc1. The summed E-state index contributed by atoms with van der Waals surface area (Å²) in [7, 11) is 1.69. The van der Waals surface area contributed by atoms with Gasteiger partial charge in [0.1, 0.15) is 0 Å². The Morgan fingerprint density at radius 1 is 1.44 bits per heavy atom. The van der Waals surface area contributed by atoms with E-state index in [9.17, 15) is 4.79 Å². The van der Waals surface area contributed by atoms with Gasteiger partial charge >= 0.3 is 5.97 Å². The average Bonchev–Trinajstić information content (AvgIpc) is 2.35.